The zero-order valence-electron chi connectivity index (χ0n) is 10.5. The standard InChI is InChI=1S/C14H20FNO/c1-10(12-4-3-7-16-9-12)11-5-6-13(15)14(8-11)17-2/h5-6,8,10,12,16H,3-4,7,9H2,1-2H3. The van der Waals surface area contributed by atoms with Crippen LogP contribution in [0.3, 0.4) is 0 Å². The fraction of sp³-hybridized carbons (Fsp3) is 0.571. The van der Waals surface area contributed by atoms with Crippen LogP contribution in [0.15, 0.2) is 18.2 Å². The zero-order chi connectivity index (χ0) is 12.3. The molecule has 17 heavy (non-hydrogen) atoms. The Morgan fingerprint density at radius 1 is 1.47 bits per heavy atom. The van der Waals surface area contributed by atoms with E-state index in [1.165, 1.54) is 26.0 Å². The van der Waals surface area contributed by atoms with Crippen molar-refractivity contribution >= 4 is 0 Å². The third-order valence-electron chi connectivity index (χ3n) is 3.74. The Labute approximate surface area is 102 Å². The lowest BCUT2D eigenvalue weighted by Gasteiger charge is -2.28. The van der Waals surface area contributed by atoms with Gasteiger partial charge in [0.25, 0.3) is 0 Å². The summed E-state index contributed by atoms with van der Waals surface area (Å²) in [6, 6.07) is 5.20. The van der Waals surface area contributed by atoms with E-state index in [0.29, 0.717) is 17.6 Å². The first kappa shape index (κ1) is 12.4. The second kappa shape index (κ2) is 5.50. The summed E-state index contributed by atoms with van der Waals surface area (Å²) in [5, 5.41) is 3.42. The minimum Gasteiger partial charge on any atom is -0.494 e. The molecule has 0 aromatic heterocycles. The first-order valence-corrected chi connectivity index (χ1v) is 6.26. The first-order valence-electron chi connectivity index (χ1n) is 6.26. The fourth-order valence-corrected chi connectivity index (χ4v) is 2.54. The van der Waals surface area contributed by atoms with Crippen molar-refractivity contribution in [2.45, 2.75) is 25.7 Å². The highest BCUT2D eigenvalue weighted by molar-refractivity contribution is 5.32. The van der Waals surface area contributed by atoms with Crippen molar-refractivity contribution in [3.05, 3.63) is 29.6 Å². The van der Waals surface area contributed by atoms with Crippen LogP contribution < -0.4 is 10.1 Å². The van der Waals surface area contributed by atoms with Crippen molar-refractivity contribution in [2.75, 3.05) is 20.2 Å². The predicted molar refractivity (Wildman–Crippen MR) is 67.0 cm³/mol. The van der Waals surface area contributed by atoms with Crippen molar-refractivity contribution in [1.29, 1.82) is 0 Å². The maximum Gasteiger partial charge on any atom is 0.165 e. The van der Waals surface area contributed by atoms with Crippen molar-refractivity contribution < 1.29 is 9.13 Å². The summed E-state index contributed by atoms with van der Waals surface area (Å²) in [7, 11) is 1.51. The monoisotopic (exact) mass is 237 g/mol. The number of piperidine rings is 1. The molecule has 1 saturated heterocycles. The highest BCUT2D eigenvalue weighted by Crippen LogP contribution is 2.31. The average Bonchev–Trinajstić information content (AvgIpc) is 2.39. The van der Waals surface area contributed by atoms with Gasteiger partial charge in [-0.25, -0.2) is 4.39 Å². The lowest BCUT2D eigenvalue weighted by Crippen LogP contribution is -2.32. The summed E-state index contributed by atoms with van der Waals surface area (Å²) >= 11 is 0. The summed E-state index contributed by atoms with van der Waals surface area (Å²) in [4.78, 5) is 0. The fourth-order valence-electron chi connectivity index (χ4n) is 2.54. The van der Waals surface area contributed by atoms with Gasteiger partial charge in [0.1, 0.15) is 0 Å². The summed E-state index contributed by atoms with van der Waals surface area (Å²) < 4.78 is 18.4. The van der Waals surface area contributed by atoms with Crippen molar-refractivity contribution in [1.82, 2.24) is 5.32 Å². The van der Waals surface area contributed by atoms with E-state index in [-0.39, 0.29) is 5.82 Å². The Balaban J connectivity index is 2.15. The quantitative estimate of drug-likeness (QED) is 0.872. The molecule has 2 nitrogen and oxygen atoms in total. The maximum absolute atomic E-state index is 13.3. The van der Waals surface area contributed by atoms with E-state index >= 15 is 0 Å². The topological polar surface area (TPSA) is 21.3 Å². The molecule has 1 aliphatic rings. The SMILES string of the molecule is COc1cc(C(C)C2CCCNC2)ccc1F. The molecule has 1 heterocycles. The van der Waals surface area contributed by atoms with Gasteiger partial charge in [0.2, 0.25) is 0 Å². The molecule has 0 spiro atoms. The second-order valence-electron chi connectivity index (χ2n) is 4.79. The highest BCUT2D eigenvalue weighted by Gasteiger charge is 2.21. The number of nitrogens with one attached hydrogen (secondary N) is 1. The van der Waals surface area contributed by atoms with Crippen LogP contribution in [0.4, 0.5) is 4.39 Å². The van der Waals surface area contributed by atoms with E-state index in [1.807, 2.05) is 12.1 Å². The number of methoxy groups -OCH3 is 1. The molecule has 0 bridgehead atoms. The highest BCUT2D eigenvalue weighted by atomic mass is 19.1. The van der Waals surface area contributed by atoms with Crippen molar-refractivity contribution in [2.24, 2.45) is 5.92 Å². The number of hydrogen-bond acceptors (Lipinski definition) is 2. The van der Waals surface area contributed by atoms with Gasteiger partial charge in [-0.1, -0.05) is 13.0 Å². The van der Waals surface area contributed by atoms with Gasteiger partial charge in [-0.2, -0.15) is 0 Å². The average molecular weight is 237 g/mol. The summed E-state index contributed by atoms with van der Waals surface area (Å²) in [5.41, 5.74) is 1.16. The maximum atomic E-state index is 13.3. The molecular weight excluding hydrogens is 217 g/mol. The lowest BCUT2D eigenvalue weighted by molar-refractivity contribution is 0.332. The Bertz CT molecular complexity index is 374. The first-order chi connectivity index (χ1) is 8.22. The number of halogens is 1. The molecule has 3 heteroatoms. The van der Waals surface area contributed by atoms with E-state index in [0.717, 1.165) is 18.7 Å². The van der Waals surface area contributed by atoms with Crippen LogP contribution in [0.1, 0.15) is 31.2 Å². The van der Waals surface area contributed by atoms with Gasteiger partial charge in [-0.3, -0.25) is 0 Å². The Morgan fingerprint density at radius 2 is 2.29 bits per heavy atom. The largest absolute Gasteiger partial charge is 0.494 e. The van der Waals surface area contributed by atoms with E-state index in [4.69, 9.17) is 4.74 Å². The third-order valence-corrected chi connectivity index (χ3v) is 3.74. The van der Waals surface area contributed by atoms with Gasteiger partial charge < -0.3 is 10.1 Å². The van der Waals surface area contributed by atoms with Crippen LogP contribution in [0.2, 0.25) is 0 Å². The molecule has 0 aliphatic carbocycles. The molecule has 1 N–H and O–H groups in total. The minimum atomic E-state index is -0.287. The van der Waals surface area contributed by atoms with Crippen LogP contribution in [0.5, 0.6) is 5.75 Å². The van der Waals surface area contributed by atoms with E-state index in [2.05, 4.69) is 12.2 Å². The minimum absolute atomic E-state index is 0.287. The third kappa shape index (κ3) is 2.78. The molecule has 1 aliphatic heterocycles. The van der Waals surface area contributed by atoms with Gasteiger partial charge in [-0.05, 0) is 55.5 Å². The van der Waals surface area contributed by atoms with E-state index in [9.17, 15) is 4.39 Å². The van der Waals surface area contributed by atoms with Gasteiger partial charge in [-0.15, -0.1) is 0 Å². The molecule has 0 saturated carbocycles. The van der Waals surface area contributed by atoms with E-state index in [1.54, 1.807) is 0 Å². The molecular formula is C14H20FNO. The Hall–Kier alpha value is -1.09. The molecule has 2 atom stereocenters. The molecule has 0 radical (unpaired) electrons. The van der Waals surface area contributed by atoms with Crippen LogP contribution in [0, 0.1) is 11.7 Å². The second-order valence-corrected chi connectivity index (χ2v) is 4.79. The van der Waals surface area contributed by atoms with Gasteiger partial charge in [0.05, 0.1) is 7.11 Å². The normalized spacial score (nSPS) is 22.2. The molecule has 1 aromatic rings. The van der Waals surface area contributed by atoms with Gasteiger partial charge in [0, 0.05) is 0 Å². The van der Waals surface area contributed by atoms with Crippen molar-refractivity contribution in [3.63, 3.8) is 0 Å². The molecule has 1 aromatic carbocycles. The summed E-state index contributed by atoms with van der Waals surface area (Å²) in [5.74, 6) is 1.14. The Morgan fingerprint density at radius 3 is 2.94 bits per heavy atom. The van der Waals surface area contributed by atoms with Crippen LogP contribution >= 0.6 is 0 Å². The predicted octanol–water partition coefficient (Wildman–Crippen LogP) is 2.94. The Kier molecular flexibility index (Phi) is 4.00. The van der Waals surface area contributed by atoms with Crippen LogP contribution in [-0.2, 0) is 0 Å². The molecule has 2 rings (SSSR count). The van der Waals surface area contributed by atoms with Gasteiger partial charge in [0.15, 0.2) is 11.6 Å². The number of ether oxygens (including phenoxy) is 1. The molecule has 94 valence electrons. The number of rotatable bonds is 3. The van der Waals surface area contributed by atoms with Crippen LogP contribution in [-0.4, -0.2) is 20.2 Å². The number of benzene rings is 1. The van der Waals surface area contributed by atoms with Crippen molar-refractivity contribution in [3.8, 4) is 5.75 Å². The zero-order valence-corrected chi connectivity index (χ0v) is 10.5. The molecule has 2 unspecified atom stereocenters. The molecule has 1 fully saturated rings. The van der Waals surface area contributed by atoms with Crippen LogP contribution in [0.25, 0.3) is 0 Å². The van der Waals surface area contributed by atoms with Gasteiger partial charge >= 0.3 is 0 Å². The lowest BCUT2D eigenvalue weighted by atomic mass is 9.83. The smallest absolute Gasteiger partial charge is 0.165 e. The molecule has 0 amide bonds. The summed E-state index contributed by atoms with van der Waals surface area (Å²) in [6.07, 6.45) is 2.47. The summed E-state index contributed by atoms with van der Waals surface area (Å²) in [6.45, 7) is 4.39. The number of hydrogen-bond donors (Lipinski definition) is 1. The van der Waals surface area contributed by atoms with E-state index < -0.39 is 0 Å².